The summed E-state index contributed by atoms with van der Waals surface area (Å²) in [6.45, 7) is 3.60. The molecule has 0 saturated heterocycles. The summed E-state index contributed by atoms with van der Waals surface area (Å²) >= 11 is -1.59. The molecule has 0 spiro atoms. The van der Waals surface area contributed by atoms with Gasteiger partial charge in [-0.2, -0.15) is 0 Å². The Kier molecular flexibility index (Phi) is 5.32. The fourth-order valence-corrected chi connectivity index (χ4v) is 0.853. The van der Waals surface area contributed by atoms with E-state index >= 15 is 0 Å². The van der Waals surface area contributed by atoms with Gasteiger partial charge >= 0.3 is 0 Å². The van der Waals surface area contributed by atoms with Crippen molar-refractivity contribution >= 4 is 11.1 Å². The van der Waals surface area contributed by atoms with Crippen LogP contribution < -0.4 is 0 Å². The minimum absolute atomic E-state index is 0.398. The molecule has 0 aromatic carbocycles. The van der Waals surface area contributed by atoms with Crippen LogP contribution in [0, 0.1) is 6.92 Å². The minimum Gasteiger partial charge on any atom is -0.306 e. The van der Waals surface area contributed by atoms with Crippen LogP contribution in [0.1, 0.15) is 19.3 Å². The number of hydrogen-bond acceptors (Lipinski definition) is 1. The van der Waals surface area contributed by atoms with Gasteiger partial charge in [0.2, 0.25) is 0 Å². The third-order valence-electron chi connectivity index (χ3n) is 0.819. The van der Waals surface area contributed by atoms with E-state index in [0.29, 0.717) is 5.75 Å². The van der Waals surface area contributed by atoms with Crippen LogP contribution in [0.4, 0.5) is 0 Å². The van der Waals surface area contributed by atoms with Gasteiger partial charge in [0, 0.05) is 5.75 Å². The number of hydrogen-bond donors (Lipinski definition) is 1. The molecule has 3 heteroatoms. The van der Waals surface area contributed by atoms with Gasteiger partial charge in [0.25, 0.3) is 0 Å². The van der Waals surface area contributed by atoms with Gasteiger partial charge in [-0.3, -0.25) is 0 Å². The van der Waals surface area contributed by atoms with Gasteiger partial charge in [-0.15, -0.1) is 0 Å². The van der Waals surface area contributed by atoms with Gasteiger partial charge in [-0.1, -0.05) is 19.8 Å². The van der Waals surface area contributed by atoms with Gasteiger partial charge in [-0.25, -0.2) is 4.21 Å². The summed E-state index contributed by atoms with van der Waals surface area (Å²) in [7, 11) is 0. The van der Waals surface area contributed by atoms with Gasteiger partial charge in [0.1, 0.15) is 0 Å². The number of unbranched alkanes of at least 4 members (excludes halogenated alkanes) is 2. The van der Waals surface area contributed by atoms with Crippen LogP contribution in [0.5, 0.6) is 0 Å². The molecule has 1 radical (unpaired) electrons. The maximum atomic E-state index is 9.96. The normalized spacial score (nSPS) is 13.8. The van der Waals surface area contributed by atoms with E-state index < -0.39 is 11.1 Å². The zero-order valence-corrected chi connectivity index (χ0v) is 5.62. The molecule has 0 fully saturated rings. The van der Waals surface area contributed by atoms with E-state index in [9.17, 15) is 4.21 Å². The van der Waals surface area contributed by atoms with Crippen molar-refractivity contribution in [1.29, 1.82) is 0 Å². The molecule has 0 rings (SSSR count). The average molecular weight is 135 g/mol. The fraction of sp³-hybridized carbons (Fsp3) is 0.800. The minimum atomic E-state index is -1.59. The van der Waals surface area contributed by atoms with Crippen LogP contribution in [-0.2, 0) is 11.1 Å². The van der Waals surface area contributed by atoms with Crippen molar-refractivity contribution < 1.29 is 8.76 Å². The SMILES string of the molecule is [CH2]CCCCS(=O)O. The highest BCUT2D eigenvalue weighted by molar-refractivity contribution is 7.79. The molecule has 1 atom stereocenters. The highest BCUT2D eigenvalue weighted by atomic mass is 32.2. The zero-order valence-electron chi connectivity index (χ0n) is 4.80. The average Bonchev–Trinajstić information content (AvgIpc) is 1.66. The second-order valence-corrected chi connectivity index (χ2v) is 2.64. The first-order chi connectivity index (χ1) is 3.77. The maximum absolute atomic E-state index is 9.96. The fourth-order valence-electron chi connectivity index (χ4n) is 0.402. The third kappa shape index (κ3) is 6.11. The predicted molar refractivity (Wildman–Crippen MR) is 34.8 cm³/mol. The zero-order chi connectivity index (χ0) is 6.41. The van der Waals surface area contributed by atoms with E-state index in [4.69, 9.17) is 4.55 Å². The topological polar surface area (TPSA) is 37.3 Å². The van der Waals surface area contributed by atoms with Gasteiger partial charge in [-0.05, 0) is 6.42 Å². The first-order valence-electron chi connectivity index (χ1n) is 2.64. The van der Waals surface area contributed by atoms with Crippen LogP contribution in [0.15, 0.2) is 0 Å². The molecule has 2 nitrogen and oxygen atoms in total. The Labute approximate surface area is 52.6 Å². The van der Waals surface area contributed by atoms with E-state index in [1.54, 1.807) is 0 Å². The standard InChI is InChI=1S/C5H11O2S/c1-2-3-4-5-8(6)7/h1-5H2,(H,6,7). The van der Waals surface area contributed by atoms with Gasteiger partial charge in [0.05, 0.1) is 0 Å². The molecule has 0 aliphatic carbocycles. The Morgan fingerprint density at radius 1 is 1.50 bits per heavy atom. The van der Waals surface area contributed by atoms with E-state index in [2.05, 4.69) is 6.92 Å². The largest absolute Gasteiger partial charge is 0.306 e. The first kappa shape index (κ1) is 8.11. The van der Waals surface area contributed by atoms with Crippen molar-refractivity contribution in [3.63, 3.8) is 0 Å². The van der Waals surface area contributed by atoms with Gasteiger partial charge in [0.15, 0.2) is 11.1 Å². The van der Waals surface area contributed by atoms with Crippen molar-refractivity contribution in [2.45, 2.75) is 19.3 Å². The molecule has 0 aliphatic rings. The molecule has 0 aromatic rings. The summed E-state index contributed by atoms with van der Waals surface area (Å²) < 4.78 is 18.2. The molecular formula is C5H11O2S. The molecule has 0 saturated carbocycles. The molecule has 0 amide bonds. The van der Waals surface area contributed by atoms with E-state index in [0.717, 1.165) is 19.3 Å². The summed E-state index contributed by atoms with van der Waals surface area (Å²) in [6.07, 6.45) is 2.62. The summed E-state index contributed by atoms with van der Waals surface area (Å²) in [5.74, 6) is 0.398. The van der Waals surface area contributed by atoms with Crippen LogP contribution >= 0.6 is 0 Å². The summed E-state index contributed by atoms with van der Waals surface area (Å²) in [5, 5.41) is 0. The van der Waals surface area contributed by atoms with Crippen molar-refractivity contribution in [2.24, 2.45) is 0 Å². The monoisotopic (exact) mass is 135 g/mol. The van der Waals surface area contributed by atoms with Crippen molar-refractivity contribution in [3.05, 3.63) is 6.92 Å². The predicted octanol–water partition coefficient (Wildman–Crippen LogP) is 1.21. The summed E-state index contributed by atoms with van der Waals surface area (Å²) in [4.78, 5) is 0. The molecule has 49 valence electrons. The van der Waals surface area contributed by atoms with Gasteiger partial charge < -0.3 is 4.55 Å². The Balaban J connectivity index is 2.82. The highest BCUT2D eigenvalue weighted by Gasteiger charge is 1.89. The van der Waals surface area contributed by atoms with Crippen molar-refractivity contribution in [2.75, 3.05) is 5.75 Å². The van der Waals surface area contributed by atoms with Crippen molar-refractivity contribution in [1.82, 2.24) is 0 Å². The van der Waals surface area contributed by atoms with Crippen LogP contribution in [-0.4, -0.2) is 14.5 Å². The Bertz CT molecular complexity index is 72.8. The second-order valence-electron chi connectivity index (χ2n) is 1.59. The third-order valence-corrected chi connectivity index (χ3v) is 1.46. The molecule has 1 unspecified atom stereocenters. The quantitative estimate of drug-likeness (QED) is 0.464. The molecule has 0 bridgehead atoms. The summed E-state index contributed by atoms with van der Waals surface area (Å²) in [6, 6.07) is 0. The Hall–Kier alpha value is 0.110. The van der Waals surface area contributed by atoms with E-state index in [1.165, 1.54) is 0 Å². The molecule has 8 heavy (non-hydrogen) atoms. The second kappa shape index (κ2) is 5.25. The first-order valence-corrected chi connectivity index (χ1v) is 3.91. The lowest BCUT2D eigenvalue weighted by Crippen LogP contribution is -1.93. The smallest absolute Gasteiger partial charge is 0.152 e. The van der Waals surface area contributed by atoms with Crippen LogP contribution in [0.3, 0.4) is 0 Å². The van der Waals surface area contributed by atoms with Crippen LogP contribution in [0.25, 0.3) is 0 Å². The summed E-state index contributed by atoms with van der Waals surface area (Å²) in [5.41, 5.74) is 0. The van der Waals surface area contributed by atoms with E-state index in [1.807, 2.05) is 0 Å². The van der Waals surface area contributed by atoms with Crippen molar-refractivity contribution in [3.8, 4) is 0 Å². The van der Waals surface area contributed by atoms with E-state index in [-0.39, 0.29) is 0 Å². The Morgan fingerprint density at radius 3 is 2.50 bits per heavy atom. The lowest BCUT2D eigenvalue weighted by Gasteiger charge is -1.90. The van der Waals surface area contributed by atoms with Crippen LogP contribution in [0.2, 0.25) is 0 Å². The molecule has 0 heterocycles. The molecule has 1 N–H and O–H groups in total. The molecule has 0 aliphatic heterocycles. The Morgan fingerprint density at radius 2 is 2.12 bits per heavy atom. The maximum Gasteiger partial charge on any atom is 0.152 e. The number of rotatable bonds is 4. The lowest BCUT2D eigenvalue weighted by molar-refractivity contribution is 0.560. The highest BCUT2D eigenvalue weighted by Crippen LogP contribution is 1.93. The lowest BCUT2D eigenvalue weighted by atomic mass is 10.3. The molecular weight excluding hydrogens is 124 g/mol. The molecule has 0 aromatic heterocycles.